The predicted molar refractivity (Wildman–Crippen MR) is 88.1 cm³/mol. The highest BCUT2D eigenvalue weighted by molar-refractivity contribution is 7.07. The average Bonchev–Trinajstić information content (AvgIpc) is 3.06. The van der Waals surface area contributed by atoms with E-state index in [1.807, 2.05) is 48.0 Å². The van der Waals surface area contributed by atoms with Gasteiger partial charge in [0.05, 0.1) is 12.7 Å². The molecule has 2 rings (SSSR count). The Morgan fingerprint density at radius 1 is 1.32 bits per heavy atom. The molecular formula is C16H20N2O3S. The molecule has 22 heavy (non-hydrogen) atoms. The molecule has 0 aliphatic rings. The molecule has 0 bridgehead atoms. The van der Waals surface area contributed by atoms with Crippen LogP contribution < -0.4 is 10.6 Å². The average molecular weight is 320 g/mol. The zero-order chi connectivity index (χ0) is 15.8. The molecule has 1 atom stereocenters. The number of amides is 2. The molecule has 1 unspecified atom stereocenters. The second-order valence-electron chi connectivity index (χ2n) is 4.74. The van der Waals surface area contributed by atoms with Gasteiger partial charge >= 0.3 is 6.03 Å². The van der Waals surface area contributed by atoms with Crippen LogP contribution in [0.5, 0.6) is 0 Å². The van der Waals surface area contributed by atoms with Gasteiger partial charge in [-0.15, -0.1) is 0 Å². The Balaban J connectivity index is 1.76. The molecule has 1 aromatic heterocycles. The first-order chi connectivity index (χ1) is 10.7. The predicted octanol–water partition coefficient (Wildman–Crippen LogP) is 3.14. The summed E-state index contributed by atoms with van der Waals surface area (Å²) < 4.78 is 5.31. The van der Waals surface area contributed by atoms with Crippen LogP contribution in [0.4, 0.5) is 10.5 Å². The number of ether oxygens (including phenoxy) is 1. The van der Waals surface area contributed by atoms with Gasteiger partial charge in [-0.2, -0.15) is 11.3 Å². The van der Waals surface area contributed by atoms with Crippen molar-refractivity contribution in [1.82, 2.24) is 5.32 Å². The van der Waals surface area contributed by atoms with E-state index >= 15 is 0 Å². The molecule has 0 fully saturated rings. The number of hydrogen-bond acceptors (Lipinski definition) is 4. The highest BCUT2D eigenvalue weighted by atomic mass is 32.1. The van der Waals surface area contributed by atoms with Gasteiger partial charge in [-0.1, -0.05) is 12.1 Å². The Morgan fingerprint density at radius 2 is 2.09 bits per heavy atom. The molecule has 0 aliphatic carbocycles. The van der Waals surface area contributed by atoms with E-state index in [9.17, 15) is 9.90 Å². The van der Waals surface area contributed by atoms with E-state index in [2.05, 4.69) is 10.6 Å². The first-order valence-electron chi connectivity index (χ1n) is 7.10. The van der Waals surface area contributed by atoms with Crippen LogP contribution in [0, 0.1) is 0 Å². The van der Waals surface area contributed by atoms with Crippen LogP contribution in [0.25, 0.3) is 0 Å². The van der Waals surface area contributed by atoms with Crippen LogP contribution in [-0.2, 0) is 11.3 Å². The number of urea groups is 1. The molecule has 2 aromatic rings. The summed E-state index contributed by atoms with van der Waals surface area (Å²) in [6.45, 7) is 3.36. The summed E-state index contributed by atoms with van der Waals surface area (Å²) in [5, 5.41) is 19.0. The number of anilines is 1. The molecule has 118 valence electrons. The van der Waals surface area contributed by atoms with Crippen molar-refractivity contribution >= 4 is 23.1 Å². The minimum absolute atomic E-state index is 0.172. The molecule has 0 aliphatic heterocycles. The van der Waals surface area contributed by atoms with E-state index in [1.165, 1.54) is 11.3 Å². The number of hydrogen-bond donors (Lipinski definition) is 3. The molecule has 0 saturated carbocycles. The van der Waals surface area contributed by atoms with E-state index in [1.54, 1.807) is 0 Å². The zero-order valence-corrected chi connectivity index (χ0v) is 13.2. The maximum absolute atomic E-state index is 11.8. The lowest BCUT2D eigenvalue weighted by molar-refractivity contribution is 0.134. The molecule has 1 aromatic carbocycles. The fourth-order valence-electron chi connectivity index (χ4n) is 1.85. The highest BCUT2D eigenvalue weighted by Crippen LogP contribution is 2.15. The Bertz CT molecular complexity index is 570. The van der Waals surface area contributed by atoms with Crippen LogP contribution in [-0.4, -0.2) is 24.3 Å². The summed E-state index contributed by atoms with van der Waals surface area (Å²) in [7, 11) is 0. The first-order valence-corrected chi connectivity index (χ1v) is 8.05. The number of carbonyl (C=O) groups is 1. The van der Waals surface area contributed by atoms with Crippen LogP contribution >= 0.6 is 11.3 Å². The molecule has 0 radical (unpaired) electrons. The fourth-order valence-corrected chi connectivity index (χ4v) is 2.56. The van der Waals surface area contributed by atoms with Gasteiger partial charge in [-0.3, -0.25) is 0 Å². The minimum Gasteiger partial charge on any atom is -0.387 e. The molecule has 0 spiro atoms. The number of aliphatic hydroxyl groups excluding tert-OH is 1. The van der Waals surface area contributed by atoms with Crippen molar-refractivity contribution < 1.29 is 14.6 Å². The van der Waals surface area contributed by atoms with E-state index in [0.29, 0.717) is 18.9 Å². The number of benzene rings is 1. The number of thiophene rings is 1. The molecular weight excluding hydrogens is 300 g/mol. The van der Waals surface area contributed by atoms with Gasteiger partial charge in [0.15, 0.2) is 0 Å². The van der Waals surface area contributed by atoms with Gasteiger partial charge in [-0.05, 0) is 47.0 Å². The van der Waals surface area contributed by atoms with Crippen molar-refractivity contribution in [2.45, 2.75) is 19.6 Å². The molecule has 2 amide bonds. The highest BCUT2D eigenvalue weighted by Gasteiger charge is 2.09. The normalized spacial score (nSPS) is 11.9. The van der Waals surface area contributed by atoms with E-state index in [-0.39, 0.29) is 12.6 Å². The summed E-state index contributed by atoms with van der Waals surface area (Å²) in [5.41, 5.74) is 2.56. The van der Waals surface area contributed by atoms with Gasteiger partial charge in [0, 0.05) is 18.8 Å². The van der Waals surface area contributed by atoms with Gasteiger partial charge in [0.2, 0.25) is 0 Å². The number of nitrogens with one attached hydrogen (secondary N) is 2. The monoisotopic (exact) mass is 320 g/mol. The van der Waals surface area contributed by atoms with Crippen LogP contribution in [0.2, 0.25) is 0 Å². The molecule has 0 saturated heterocycles. The van der Waals surface area contributed by atoms with Crippen molar-refractivity contribution in [3.05, 3.63) is 52.2 Å². The fraction of sp³-hybridized carbons (Fsp3) is 0.312. The zero-order valence-electron chi connectivity index (χ0n) is 12.4. The van der Waals surface area contributed by atoms with Crippen molar-refractivity contribution in [3.8, 4) is 0 Å². The van der Waals surface area contributed by atoms with Crippen LogP contribution in [0.3, 0.4) is 0 Å². The quantitative estimate of drug-likeness (QED) is 0.734. The first kappa shape index (κ1) is 16.5. The third-order valence-electron chi connectivity index (χ3n) is 3.07. The van der Waals surface area contributed by atoms with Crippen molar-refractivity contribution in [2.24, 2.45) is 0 Å². The van der Waals surface area contributed by atoms with Crippen molar-refractivity contribution in [3.63, 3.8) is 0 Å². The number of carbonyl (C=O) groups excluding carboxylic acids is 1. The van der Waals surface area contributed by atoms with Crippen LogP contribution in [0.15, 0.2) is 41.1 Å². The maximum atomic E-state index is 11.8. The Hall–Kier alpha value is -1.89. The summed E-state index contributed by atoms with van der Waals surface area (Å²) in [4.78, 5) is 11.8. The molecule has 3 N–H and O–H groups in total. The lowest BCUT2D eigenvalue weighted by Gasteiger charge is -2.12. The topological polar surface area (TPSA) is 70.6 Å². The van der Waals surface area contributed by atoms with E-state index in [0.717, 1.165) is 11.1 Å². The van der Waals surface area contributed by atoms with E-state index < -0.39 is 6.10 Å². The standard InChI is InChI=1S/C16H20N2O3S/c1-2-21-10-12-3-5-14(6-4-12)18-16(20)17-9-15(19)13-7-8-22-11-13/h3-8,11,15,19H,2,9-10H2,1H3,(H2,17,18,20). The smallest absolute Gasteiger partial charge is 0.319 e. The number of rotatable bonds is 7. The largest absolute Gasteiger partial charge is 0.387 e. The number of aliphatic hydroxyl groups is 1. The third kappa shape index (κ3) is 5.14. The second-order valence-corrected chi connectivity index (χ2v) is 5.52. The lowest BCUT2D eigenvalue weighted by atomic mass is 10.2. The van der Waals surface area contributed by atoms with Crippen molar-refractivity contribution in [2.75, 3.05) is 18.5 Å². The maximum Gasteiger partial charge on any atom is 0.319 e. The lowest BCUT2D eigenvalue weighted by Crippen LogP contribution is -2.32. The third-order valence-corrected chi connectivity index (χ3v) is 3.77. The van der Waals surface area contributed by atoms with Gasteiger partial charge in [-0.25, -0.2) is 4.79 Å². The summed E-state index contributed by atoms with van der Waals surface area (Å²) in [6.07, 6.45) is -0.689. The van der Waals surface area contributed by atoms with Gasteiger partial charge < -0.3 is 20.5 Å². The summed E-state index contributed by atoms with van der Waals surface area (Å²) >= 11 is 1.51. The van der Waals surface area contributed by atoms with Crippen molar-refractivity contribution in [1.29, 1.82) is 0 Å². The van der Waals surface area contributed by atoms with E-state index in [4.69, 9.17) is 4.74 Å². The molecule has 6 heteroatoms. The summed E-state index contributed by atoms with van der Waals surface area (Å²) in [5.74, 6) is 0. The Labute approximate surface area is 133 Å². The second kappa shape index (κ2) is 8.53. The summed E-state index contributed by atoms with van der Waals surface area (Å²) in [6, 6.07) is 8.96. The molecule has 1 heterocycles. The Morgan fingerprint density at radius 3 is 2.73 bits per heavy atom. The minimum atomic E-state index is -0.689. The van der Waals surface area contributed by atoms with Gasteiger partial charge in [0.25, 0.3) is 0 Å². The SMILES string of the molecule is CCOCc1ccc(NC(=O)NCC(O)c2ccsc2)cc1. The molecule has 5 nitrogen and oxygen atoms in total. The Kier molecular flexibility index (Phi) is 6.39. The van der Waals surface area contributed by atoms with Crippen LogP contribution in [0.1, 0.15) is 24.2 Å². The van der Waals surface area contributed by atoms with Gasteiger partial charge in [0.1, 0.15) is 0 Å².